The molecule has 0 radical (unpaired) electrons. The average Bonchev–Trinajstić information content (AvgIpc) is 4.33. The summed E-state index contributed by atoms with van der Waals surface area (Å²) in [5.74, 6) is 4.13. The lowest BCUT2D eigenvalue weighted by Crippen LogP contribution is -2.02. The molecule has 402 valence electrons. The molecule has 0 saturated heterocycles. The number of aromatic amines is 1. The molecule has 9 rings (SSSR count). The SMILES string of the molecule is C=CCOc1cc(OCC=C)cc(-c2c(-c3cc(OCC=C)cc(OCC=C)c3)c3c(-c4cc(OCC=C)cc(OCC=C)c4)c4nc(cc5ccc(cc6nc(cc2n3-c2cc(OCC=C)cc(OCC=C)c2)C=C6)[nH]5)C=C4)c1. The van der Waals surface area contributed by atoms with Gasteiger partial charge in [0.15, 0.2) is 0 Å². The smallest absolute Gasteiger partial charge is 0.125 e. The van der Waals surface area contributed by atoms with E-state index in [1.807, 2.05) is 121 Å². The normalized spacial score (nSPS) is 11.2. The summed E-state index contributed by atoms with van der Waals surface area (Å²) in [4.78, 5) is 14.3. The molecule has 5 heterocycles. The molecule has 2 aliphatic heterocycles. The van der Waals surface area contributed by atoms with Crippen molar-refractivity contribution in [1.82, 2.24) is 19.5 Å². The molecular weight excluding hydrogens is 1000 g/mol. The Bertz CT molecular complexity index is 3640. The van der Waals surface area contributed by atoms with Crippen LogP contribution in [0.15, 0.2) is 204 Å². The third-order valence-electron chi connectivity index (χ3n) is 12.2. The Morgan fingerprint density at radius 3 is 1.06 bits per heavy atom. The van der Waals surface area contributed by atoms with Crippen molar-refractivity contribution in [3.8, 4) is 85.1 Å². The molecule has 0 amide bonds. The van der Waals surface area contributed by atoms with Crippen molar-refractivity contribution in [2.75, 3.05) is 52.9 Å². The summed E-state index contributed by atoms with van der Waals surface area (Å²) in [6, 6.07) is 33.4. The van der Waals surface area contributed by atoms with Gasteiger partial charge >= 0.3 is 0 Å². The van der Waals surface area contributed by atoms with Gasteiger partial charge in [0.25, 0.3) is 0 Å². The summed E-state index contributed by atoms with van der Waals surface area (Å²) in [5, 5.41) is 0. The molecule has 7 aromatic rings. The molecule has 0 spiro atoms. The number of aromatic nitrogens is 4. The van der Waals surface area contributed by atoms with Gasteiger partial charge in [-0.3, -0.25) is 0 Å². The Morgan fingerprint density at radius 1 is 0.350 bits per heavy atom. The van der Waals surface area contributed by atoms with Gasteiger partial charge in [-0.05, 0) is 108 Å². The minimum atomic E-state index is 0.213. The van der Waals surface area contributed by atoms with Crippen LogP contribution in [0.3, 0.4) is 0 Å². The standard InChI is InChI=1S/C68H62N4O8/c1-9-23-73-55-31-46(32-56(42-55)74-24-10-2)65-63-22-21-52(71-63)38-51-18-17-49(69-51)37-50-19-20-53(70-50)39-64-66(47-33-57(75-25-11-3)43-58(34-47)76-26-12-4)67(48-35-59(77-27-13-5)44-60(36-48)78-28-14-6)68(65)72(64)54-40-61(79-29-15-7)45-62(41-54)80-30-16-8/h9-22,31-45,69H,1-8,23-30H2. The molecule has 4 aromatic carbocycles. The van der Waals surface area contributed by atoms with Crippen molar-refractivity contribution in [2.24, 2.45) is 0 Å². The van der Waals surface area contributed by atoms with E-state index >= 15 is 0 Å². The Hall–Kier alpha value is -10.2. The predicted octanol–water partition coefficient (Wildman–Crippen LogP) is 15.6. The largest absolute Gasteiger partial charge is 0.489 e. The molecule has 12 nitrogen and oxygen atoms in total. The zero-order valence-electron chi connectivity index (χ0n) is 44.7. The van der Waals surface area contributed by atoms with E-state index in [9.17, 15) is 0 Å². The molecule has 3 aromatic heterocycles. The number of nitrogens with one attached hydrogen (secondary N) is 1. The molecule has 2 aliphatic rings. The Kier molecular flexibility index (Phi) is 17.9. The molecule has 0 unspecified atom stereocenters. The van der Waals surface area contributed by atoms with Gasteiger partial charge in [0.05, 0.1) is 39.5 Å². The third kappa shape index (κ3) is 13.0. The molecule has 12 heteroatoms. The lowest BCUT2D eigenvalue weighted by Gasteiger charge is -2.18. The maximum Gasteiger partial charge on any atom is 0.125 e. The minimum absolute atomic E-state index is 0.213. The van der Waals surface area contributed by atoms with Gasteiger partial charge in [-0.25, -0.2) is 9.97 Å². The second-order valence-electron chi connectivity index (χ2n) is 18.1. The van der Waals surface area contributed by atoms with Crippen LogP contribution in [0.25, 0.3) is 85.4 Å². The average molecular weight is 1060 g/mol. The zero-order valence-corrected chi connectivity index (χ0v) is 44.7. The number of hydrogen-bond donors (Lipinski definition) is 1. The first-order valence-electron chi connectivity index (χ1n) is 25.9. The second kappa shape index (κ2) is 26.2. The monoisotopic (exact) mass is 1060 g/mol. The maximum absolute atomic E-state index is 6.44. The number of benzene rings is 4. The van der Waals surface area contributed by atoms with E-state index in [1.54, 1.807) is 48.6 Å². The van der Waals surface area contributed by atoms with Crippen molar-refractivity contribution < 1.29 is 37.9 Å². The van der Waals surface area contributed by atoms with Gasteiger partial charge in [-0.15, -0.1) is 0 Å². The first-order valence-corrected chi connectivity index (χ1v) is 25.9. The lowest BCUT2D eigenvalue weighted by atomic mass is 9.92. The molecule has 0 aliphatic carbocycles. The number of rotatable bonds is 28. The van der Waals surface area contributed by atoms with Crippen molar-refractivity contribution in [1.29, 1.82) is 0 Å². The van der Waals surface area contributed by atoms with Gasteiger partial charge in [0.1, 0.15) is 98.9 Å². The summed E-state index contributed by atoms with van der Waals surface area (Å²) in [7, 11) is 0. The van der Waals surface area contributed by atoms with E-state index in [2.05, 4.69) is 68.2 Å². The zero-order chi connectivity index (χ0) is 55.8. The van der Waals surface area contributed by atoms with Crippen molar-refractivity contribution in [2.45, 2.75) is 0 Å². The fourth-order valence-electron chi connectivity index (χ4n) is 9.16. The summed E-state index contributed by atoms with van der Waals surface area (Å²) >= 11 is 0. The highest BCUT2D eigenvalue weighted by Gasteiger charge is 2.29. The van der Waals surface area contributed by atoms with Crippen molar-refractivity contribution in [3.05, 3.63) is 227 Å². The number of H-pyrrole nitrogens is 1. The van der Waals surface area contributed by atoms with Crippen LogP contribution in [0.1, 0.15) is 22.8 Å². The van der Waals surface area contributed by atoms with E-state index in [0.717, 1.165) is 22.3 Å². The molecule has 0 fully saturated rings. The number of nitrogens with zero attached hydrogens (tertiary/aromatic N) is 3. The van der Waals surface area contributed by atoms with E-state index in [1.165, 1.54) is 0 Å². The molecule has 0 atom stereocenters. The summed E-state index contributed by atoms with van der Waals surface area (Å²) < 4.78 is 53.5. The van der Waals surface area contributed by atoms with Crippen LogP contribution in [0.2, 0.25) is 0 Å². The molecule has 80 heavy (non-hydrogen) atoms. The van der Waals surface area contributed by atoms with Crippen LogP contribution >= 0.6 is 0 Å². The van der Waals surface area contributed by atoms with E-state index < -0.39 is 0 Å². The first-order chi connectivity index (χ1) is 39.2. The first kappa shape index (κ1) is 54.6. The molecular formula is C68H62N4O8. The Balaban J connectivity index is 1.64. The van der Waals surface area contributed by atoms with Gasteiger partial charge < -0.3 is 47.4 Å². The molecule has 8 bridgehead atoms. The van der Waals surface area contributed by atoms with Crippen LogP contribution in [0.4, 0.5) is 0 Å². The highest BCUT2D eigenvalue weighted by molar-refractivity contribution is 6.11. The van der Waals surface area contributed by atoms with Crippen LogP contribution in [0.5, 0.6) is 46.0 Å². The fourth-order valence-corrected chi connectivity index (χ4v) is 9.16. The number of ether oxygens (including phenoxy) is 8. The quantitative estimate of drug-likeness (QED) is 0.0475. The third-order valence-corrected chi connectivity index (χ3v) is 12.2. The van der Waals surface area contributed by atoms with Crippen LogP contribution in [0, 0.1) is 0 Å². The fraction of sp³-hybridized carbons (Fsp3) is 0.118. The highest BCUT2D eigenvalue weighted by Crippen LogP contribution is 2.51. The topological polar surface area (TPSA) is 120 Å². The summed E-state index contributed by atoms with van der Waals surface area (Å²) in [6.07, 6.45) is 21.6. The number of hydrogen-bond acceptors (Lipinski definition) is 10. The van der Waals surface area contributed by atoms with Gasteiger partial charge in [-0.2, -0.15) is 0 Å². The van der Waals surface area contributed by atoms with E-state index in [-0.39, 0.29) is 52.9 Å². The van der Waals surface area contributed by atoms with Crippen LogP contribution in [-0.4, -0.2) is 72.4 Å². The van der Waals surface area contributed by atoms with Crippen molar-refractivity contribution in [3.63, 3.8) is 0 Å². The van der Waals surface area contributed by atoms with Gasteiger partial charge in [0, 0.05) is 64.1 Å². The van der Waals surface area contributed by atoms with E-state index in [4.69, 9.17) is 47.9 Å². The number of fused-ring (bicyclic) bond motifs is 8. The van der Waals surface area contributed by atoms with Gasteiger partial charge in [-0.1, -0.05) is 101 Å². The van der Waals surface area contributed by atoms with Crippen LogP contribution < -0.4 is 37.9 Å². The predicted molar refractivity (Wildman–Crippen MR) is 326 cm³/mol. The van der Waals surface area contributed by atoms with E-state index in [0.29, 0.717) is 108 Å². The maximum atomic E-state index is 6.44. The summed E-state index contributed by atoms with van der Waals surface area (Å²) in [6.45, 7) is 33.4. The highest BCUT2D eigenvalue weighted by atomic mass is 16.5. The van der Waals surface area contributed by atoms with Crippen molar-refractivity contribution >= 4 is 46.4 Å². The Labute approximate surface area is 466 Å². The molecule has 1 N–H and O–H groups in total. The van der Waals surface area contributed by atoms with Gasteiger partial charge in [0.2, 0.25) is 0 Å². The van der Waals surface area contributed by atoms with Crippen LogP contribution in [-0.2, 0) is 0 Å². The minimum Gasteiger partial charge on any atom is -0.489 e. The molecule has 0 saturated carbocycles. The second-order valence-corrected chi connectivity index (χ2v) is 18.1. The lowest BCUT2D eigenvalue weighted by molar-refractivity contribution is 0.344. The summed E-state index contributed by atoms with van der Waals surface area (Å²) in [5.41, 5.74) is 10.5. The Morgan fingerprint density at radius 2 is 0.675 bits per heavy atom.